The smallest absolute Gasteiger partial charge is 0.248 e. The van der Waals surface area contributed by atoms with E-state index in [0.29, 0.717) is 22.0 Å². The number of rotatable bonds is 8. The van der Waals surface area contributed by atoms with Gasteiger partial charge in [-0.05, 0) is 37.4 Å². The Hall–Kier alpha value is -2.69. The second-order valence-electron chi connectivity index (χ2n) is 6.33. The highest BCUT2D eigenvalue weighted by atomic mass is 32.2. The summed E-state index contributed by atoms with van der Waals surface area (Å²) in [5, 5.41) is 13.6. The third kappa shape index (κ3) is 3.53. The van der Waals surface area contributed by atoms with Crippen LogP contribution in [0.2, 0.25) is 0 Å². The molecular weight excluding hydrogens is 370 g/mol. The minimum atomic E-state index is -1.32. The van der Waals surface area contributed by atoms with Crippen molar-refractivity contribution in [3.63, 3.8) is 0 Å². The zero-order valence-electron chi connectivity index (χ0n) is 16.1. The number of thioether (sulfide) groups is 1. The van der Waals surface area contributed by atoms with E-state index >= 15 is 0 Å². The topological polar surface area (TPSA) is 81.9 Å². The van der Waals surface area contributed by atoms with Crippen LogP contribution in [0.4, 0.5) is 0 Å². The fourth-order valence-corrected chi connectivity index (χ4v) is 4.45. The number of aromatic nitrogens is 2. The fourth-order valence-electron chi connectivity index (χ4n) is 3.39. The molecule has 1 aliphatic rings. The van der Waals surface area contributed by atoms with Crippen molar-refractivity contribution in [1.29, 1.82) is 5.26 Å². The van der Waals surface area contributed by atoms with Gasteiger partial charge in [0.15, 0.2) is 5.41 Å². The Balaban J connectivity index is 2.05. The van der Waals surface area contributed by atoms with Crippen LogP contribution in [0.1, 0.15) is 25.2 Å². The molecule has 2 aromatic rings. The molecule has 0 aromatic carbocycles. The van der Waals surface area contributed by atoms with Crippen molar-refractivity contribution in [2.24, 2.45) is 0 Å². The summed E-state index contributed by atoms with van der Waals surface area (Å²) in [5.74, 6) is 0.495. The van der Waals surface area contributed by atoms with E-state index in [1.54, 1.807) is 36.7 Å². The van der Waals surface area contributed by atoms with E-state index in [1.165, 1.54) is 11.8 Å². The van der Waals surface area contributed by atoms with Crippen molar-refractivity contribution in [2.45, 2.75) is 19.3 Å². The number of nitrogens with zero attached hydrogens (tertiary/aromatic N) is 4. The maximum Gasteiger partial charge on any atom is 0.248 e. The highest BCUT2D eigenvalue weighted by molar-refractivity contribution is 8.03. The average molecular weight is 394 g/mol. The summed E-state index contributed by atoms with van der Waals surface area (Å²) in [5.41, 5.74) is 0.0399. The molecule has 2 aromatic heterocycles. The van der Waals surface area contributed by atoms with Gasteiger partial charge in [0.05, 0.1) is 28.1 Å². The quantitative estimate of drug-likeness (QED) is 0.743. The Morgan fingerprint density at radius 3 is 2.18 bits per heavy atom. The molecule has 0 saturated heterocycles. The molecule has 0 aliphatic carbocycles. The molecule has 6 nitrogen and oxygen atoms in total. The van der Waals surface area contributed by atoms with Crippen LogP contribution in [0.5, 0.6) is 0 Å². The first-order chi connectivity index (χ1) is 13.7. The number of pyridine rings is 2. The first-order valence-corrected chi connectivity index (χ1v) is 10.3. The molecule has 0 saturated carbocycles. The number of nitriles is 1. The Morgan fingerprint density at radius 2 is 1.71 bits per heavy atom. The maximum atomic E-state index is 13.3. The predicted molar refractivity (Wildman–Crippen MR) is 110 cm³/mol. The van der Waals surface area contributed by atoms with E-state index < -0.39 is 5.41 Å². The third-order valence-corrected chi connectivity index (χ3v) is 5.91. The lowest BCUT2D eigenvalue weighted by Gasteiger charge is -2.25. The first kappa shape index (κ1) is 20.1. The number of amides is 1. The Labute approximate surface area is 169 Å². The van der Waals surface area contributed by atoms with Crippen LogP contribution >= 0.6 is 11.8 Å². The molecule has 0 fully saturated rings. The third-order valence-electron chi connectivity index (χ3n) is 4.93. The van der Waals surface area contributed by atoms with Crippen molar-refractivity contribution in [2.75, 3.05) is 25.4 Å². The minimum absolute atomic E-state index is 0.285. The maximum absolute atomic E-state index is 13.3. The van der Waals surface area contributed by atoms with Gasteiger partial charge in [-0.15, -0.1) is 11.8 Å². The first-order valence-electron chi connectivity index (χ1n) is 9.32. The van der Waals surface area contributed by atoms with Gasteiger partial charge in [0.1, 0.15) is 0 Å². The van der Waals surface area contributed by atoms with E-state index in [9.17, 15) is 10.1 Å². The largest absolute Gasteiger partial charge is 0.318 e. The van der Waals surface area contributed by atoms with Gasteiger partial charge in [-0.25, -0.2) is 0 Å². The molecular formula is C21H23N5OS. The fraction of sp³-hybridized carbons (Fsp3) is 0.333. The van der Waals surface area contributed by atoms with Crippen molar-refractivity contribution in [1.82, 2.24) is 20.2 Å². The number of nitrogens with one attached hydrogen (secondary N) is 1. The summed E-state index contributed by atoms with van der Waals surface area (Å²) < 4.78 is 0. The molecule has 144 valence electrons. The molecule has 0 radical (unpaired) electrons. The van der Waals surface area contributed by atoms with Gasteiger partial charge in [-0.2, -0.15) is 5.26 Å². The standard InChI is InChI=1S/C21H23N5OS/c1-3-26(4-2)13-14-28-19-16(15-22)21(20(27)25-19,17-9-5-7-11-23-17)18-10-6-8-12-24-18/h5-12H,3-4,13-14H2,1-2H3,(H,25,27). The minimum Gasteiger partial charge on any atom is -0.318 e. The number of hydrogen-bond donors (Lipinski definition) is 1. The number of carbonyl (C=O) groups excluding carboxylic acids is 1. The van der Waals surface area contributed by atoms with E-state index in [0.717, 1.165) is 25.4 Å². The predicted octanol–water partition coefficient (Wildman–Crippen LogP) is 2.70. The summed E-state index contributed by atoms with van der Waals surface area (Å²) in [4.78, 5) is 24.4. The van der Waals surface area contributed by atoms with E-state index in [1.807, 2.05) is 12.1 Å². The summed E-state index contributed by atoms with van der Waals surface area (Å²) in [6, 6.07) is 13.0. The second kappa shape index (κ2) is 9.00. The van der Waals surface area contributed by atoms with Gasteiger partial charge in [0.25, 0.3) is 0 Å². The highest BCUT2D eigenvalue weighted by Crippen LogP contribution is 2.44. The summed E-state index contributed by atoms with van der Waals surface area (Å²) in [6.07, 6.45) is 3.27. The number of carbonyl (C=O) groups is 1. The Bertz CT molecular complexity index is 849. The average Bonchev–Trinajstić information content (AvgIpc) is 3.04. The molecule has 1 aliphatic heterocycles. The normalized spacial score (nSPS) is 15.6. The van der Waals surface area contributed by atoms with Crippen LogP contribution in [0.25, 0.3) is 0 Å². The molecule has 1 N–H and O–H groups in total. The summed E-state index contributed by atoms with van der Waals surface area (Å²) >= 11 is 1.50. The molecule has 1 amide bonds. The molecule has 0 atom stereocenters. The van der Waals surface area contributed by atoms with Gasteiger partial charge < -0.3 is 10.2 Å². The molecule has 3 rings (SSSR count). The van der Waals surface area contributed by atoms with Gasteiger partial charge in [-0.3, -0.25) is 14.8 Å². The SMILES string of the molecule is CCN(CC)CCSC1=C(C#N)C(c2ccccn2)(c2ccccn2)C(=O)N1. The van der Waals surface area contributed by atoms with E-state index in [4.69, 9.17) is 0 Å². The molecule has 3 heterocycles. The lowest BCUT2D eigenvalue weighted by atomic mass is 9.75. The van der Waals surface area contributed by atoms with Crippen LogP contribution in [0.15, 0.2) is 59.4 Å². The summed E-state index contributed by atoms with van der Waals surface area (Å²) in [7, 11) is 0. The van der Waals surface area contributed by atoms with Crippen molar-refractivity contribution in [3.8, 4) is 6.07 Å². The van der Waals surface area contributed by atoms with Crippen molar-refractivity contribution in [3.05, 3.63) is 70.8 Å². The lowest BCUT2D eigenvalue weighted by molar-refractivity contribution is -0.122. The van der Waals surface area contributed by atoms with Gasteiger partial charge in [-0.1, -0.05) is 26.0 Å². The zero-order chi connectivity index (χ0) is 20.0. The number of hydrogen-bond acceptors (Lipinski definition) is 6. The lowest BCUT2D eigenvalue weighted by Crippen LogP contribution is -2.41. The van der Waals surface area contributed by atoms with Gasteiger partial charge >= 0.3 is 0 Å². The molecule has 28 heavy (non-hydrogen) atoms. The monoisotopic (exact) mass is 393 g/mol. The van der Waals surface area contributed by atoms with E-state index in [2.05, 4.69) is 40.1 Å². The molecule has 7 heteroatoms. The zero-order valence-corrected chi connectivity index (χ0v) is 16.9. The van der Waals surface area contributed by atoms with Gasteiger partial charge in [0.2, 0.25) is 5.91 Å². The van der Waals surface area contributed by atoms with Crippen molar-refractivity contribution >= 4 is 17.7 Å². The Kier molecular flexibility index (Phi) is 6.45. The van der Waals surface area contributed by atoms with Crippen molar-refractivity contribution < 1.29 is 4.79 Å². The van der Waals surface area contributed by atoms with Gasteiger partial charge in [0, 0.05) is 24.7 Å². The second-order valence-corrected chi connectivity index (χ2v) is 7.43. The van der Waals surface area contributed by atoms with E-state index in [-0.39, 0.29) is 5.91 Å². The summed E-state index contributed by atoms with van der Waals surface area (Å²) in [6.45, 7) is 7.08. The Morgan fingerprint density at radius 1 is 1.11 bits per heavy atom. The van der Waals surface area contributed by atoms with Crippen LogP contribution in [0.3, 0.4) is 0 Å². The van der Waals surface area contributed by atoms with Crippen LogP contribution in [0, 0.1) is 11.3 Å². The van der Waals surface area contributed by atoms with Crippen LogP contribution < -0.4 is 5.32 Å². The molecule has 0 bridgehead atoms. The molecule has 0 spiro atoms. The van der Waals surface area contributed by atoms with Crippen LogP contribution in [-0.2, 0) is 10.2 Å². The molecule has 0 unspecified atom stereocenters. The highest BCUT2D eigenvalue weighted by Gasteiger charge is 2.54. The van der Waals surface area contributed by atoms with Crippen LogP contribution in [-0.4, -0.2) is 46.2 Å².